The third-order valence-electron chi connectivity index (χ3n) is 9.65. The summed E-state index contributed by atoms with van der Waals surface area (Å²) in [5.41, 5.74) is 5.28. The lowest BCUT2D eigenvalue weighted by Gasteiger charge is -2.35. The smallest absolute Gasteiger partial charge is 0.211 e. The third kappa shape index (κ3) is 4.64. The minimum atomic E-state index is -3.09. The highest BCUT2D eigenvalue weighted by Gasteiger charge is 2.43. The Balaban J connectivity index is 1.43. The van der Waals surface area contributed by atoms with E-state index in [4.69, 9.17) is 13.1 Å². The number of hydrogen-bond acceptors (Lipinski definition) is 1. The summed E-state index contributed by atoms with van der Waals surface area (Å²) in [6, 6.07) is 60.0. The number of para-hydroxylation sites is 2. The summed E-state index contributed by atoms with van der Waals surface area (Å²) in [5, 5.41) is 17.7. The van der Waals surface area contributed by atoms with Gasteiger partial charge in [-0.2, -0.15) is 5.26 Å². The van der Waals surface area contributed by atoms with Gasteiger partial charge in [-0.3, -0.25) is 0 Å². The Morgan fingerprint density at radius 3 is 1.48 bits per heavy atom. The van der Waals surface area contributed by atoms with Gasteiger partial charge in [-0.15, -0.1) is 0 Å². The van der Waals surface area contributed by atoms with Crippen LogP contribution in [0.15, 0.2) is 170 Å². The highest BCUT2D eigenvalue weighted by Crippen LogP contribution is 2.40. The van der Waals surface area contributed by atoms with E-state index in [-0.39, 0.29) is 0 Å². The molecule has 0 saturated heterocycles. The number of aromatic nitrogens is 1. The number of fused-ring (bicyclic) bond motifs is 3. The van der Waals surface area contributed by atoms with Crippen molar-refractivity contribution in [3.8, 4) is 22.9 Å². The van der Waals surface area contributed by atoms with E-state index < -0.39 is 8.07 Å². The molecular formula is C45H28N4Si. The van der Waals surface area contributed by atoms with Crippen LogP contribution in [0.4, 0.5) is 11.4 Å². The van der Waals surface area contributed by atoms with Gasteiger partial charge in [-0.05, 0) is 50.6 Å². The highest BCUT2D eigenvalue weighted by atomic mass is 28.3. The summed E-state index contributed by atoms with van der Waals surface area (Å²) in [6.07, 6.45) is 0. The Labute approximate surface area is 292 Å². The number of hydrogen-bond donors (Lipinski definition) is 0. The number of benzene rings is 7. The Morgan fingerprint density at radius 2 is 1.00 bits per heavy atom. The molecule has 1 heterocycles. The maximum Gasteiger partial charge on any atom is 0.211 e. The molecule has 1 aromatic heterocycles. The summed E-state index contributed by atoms with van der Waals surface area (Å²) >= 11 is 0. The molecular weight excluding hydrogens is 625 g/mol. The van der Waals surface area contributed by atoms with Gasteiger partial charge in [0.1, 0.15) is 0 Å². The Hall–Kier alpha value is -6.97. The number of nitriles is 1. The first kappa shape index (κ1) is 30.4. The molecule has 0 aliphatic rings. The summed E-state index contributed by atoms with van der Waals surface area (Å²) in [5.74, 6) is 0. The minimum absolute atomic E-state index is 0.378. The normalized spacial score (nSPS) is 11.1. The second-order valence-electron chi connectivity index (χ2n) is 12.1. The van der Waals surface area contributed by atoms with E-state index in [1.807, 2.05) is 72.8 Å². The molecule has 0 aliphatic carbocycles. The molecule has 0 amide bonds. The monoisotopic (exact) mass is 652 g/mol. The molecule has 0 atom stereocenters. The van der Waals surface area contributed by atoms with Crippen molar-refractivity contribution < 1.29 is 0 Å². The van der Waals surface area contributed by atoms with E-state index in [1.165, 1.54) is 0 Å². The maximum absolute atomic E-state index is 11.2. The zero-order chi connectivity index (χ0) is 34.1. The fourth-order valence-electron chi connectivity index (χ4n) is 7.58. The van der Waals surface area contributed by atoms with Crippen LogP contribution in [0.25, 0.3) is 48.3 Å². The summed E-state index contributed by atoms with van der Waals surface area (Å²) in [4.78, 5) is 7.97. The molecule has 8 rings (SSSR count). The van der Waals surface area contributed by atoms with Crippen molar-refractivity contribution in [1.29, 1.82) is 5.26 Å². The van der Waals surface area contributed by atoms with Crippen molar-refractivity contribution in [2.24, 2.45) is 0 Å². The first-order valence-electron chi connectivity index (χ1n) is 16.3. The highest BCUT2D eigenvalue weighted by molar-refractivity contribution is 7.20. The summed E-state index contributed by atoms with van der Waals surface area (Å²) in [7, 11) is -3.09. The summed E-state index contributed by atoms with van der Waals surface area (Å²) < 4.78 is 2.14. The van der Waals surface area contributed by atoms with Crippen LogP contribution in [0.5, 0.6) is 0 Å². The van der Waals surface area contributed by atoms with Gasteiger partial charge >= 0.3 is 0 Å². The molecule has 0 N–H and O–H groups in total. The number of rotatable bonds is 6. The lowest BCUT2D eigenvalue weighted by molar-refractivity contribution is 1.19. The SMILES string of the molecule is [C-]#[N+]c1cc(-c2c([N+]#[C-])ccc([Si](c3ccccc3)(c3ccccc3)c3ccccc3)c2C#N)ccc1-n1c2ccccc2c2ccccc21. The second-order valence-corrected chi connectivity index (χ2v) is 15.9. The van der Waals surface area contributed by atoms with E-state index in [0.717, 1.165) is 48.2 Å². The van der Waals surface area contributed by atoms with Crippen molar-refractivity contribution in [2.45, 2.75) is 0 Å². The molecule has 0 saturated carbocycles. The first-order chi connectivity index (χ1) is 24.7. The van der Waals surface area contributed by atoms with Gasteiger partial charge < -0.3 is 4.57 Å². The van der Waals surface area contributed by atoms with E-state index in [2.05, 4.69) is 117 Å². The molecule has 0 spiro atoms. The maximum atomic E-state index is 11.2. The molecule has 0 unspecified atom stereocenters. The fourth-order valence-corrected chi connectivity index (χ4v) is 12.5. The van der Waals surface area contributed by atoms with Gasteiger partial charge in [0.25, 0.3) is 0 Å². The van der Waals surface area contributed by atoms with Crippen molar-refractivity contribution in [3.63, 3.8) is 0 Å². The van der Waals surface area contributed by atoms with E-state index in [9.17, 15) is 5.26 Å². The fraction of sp³-hybridized carbons (Fsp3) is 0. The van der Waals surface area contributed by atoms with Crippen LogP contribution < -0.4 is 20.7 Å². The van der Waals surface area contributed by atoms with Crippen LogP contribution in [0.2, 0.25) is 0 Å². The minimum Gasteiger partial charge on any atom is -0.319 e. The van der Waals surface area contributed by atoms with Crippen molar-refractivity contribution in [3.05, 3.63) is 198 Å². The number of nitrogens with zero attached hydrogens (tertiary/aromatic N) is 4. The zero-order valence-electron chi connectivity index (χ0n) is 27.0. The van der Waals surface area contributed by atoms with Gasteiger partial charge in [-0.25, -0.2) is 9.69 Å². The van der Waals surface area contributed by atoms with Crippen LogP contribution in [0.1, 0.15) is 5.56 Å². The average Bonchev–Trinajstić information content (AvgIpc) is 3.53. The molecule has 5 heteroatoms. The van der Waals surface area contributed by atoms with Crippen LogP contribution in [0.3, 0.4) is 0 Å². The average molecular weight is 653 g/mol. The Morgan fingerprint density at radius 1 is 0.520 bits per heavy atom. The summed E-state index contributed by atoms with van der Waals surface area (Å²) in [6.45, 7) is 16.6. The van der Waals surface area contributed by atoms with E-state index >= 15 is 0 Å². The van der Waals surface area contributed by atoms with Crippen LogP contribution >= 0.6 is 0 Å². The topological polar surface area (TPSA) is 37.4 Å². The predicted octanol–water partition coefficient (Wildman–Crippen LogP) is 8.80. The molecule has 50 heavy (non-hydrogen) atoms. The van der Waals surface area contributed by atoms with Gasteiger partial charge in [0.2, 0.25) is 5.69 Å². The molecule has 0 fully saturated rings. The molecule has 4 nitrogen and oxygen atoms in total. The van der Waals surface area contributed by atoms with Gasteiger partial charge in [-0.1, -0.05) is 146 Å². The second kappa shape index (κ2) is 12.6. The molecule has 0 radical (unpaired) electrons. The quantitative estimate of drug-likeness (QED) is 0.101. The molecule has 7 aromatic carbocycles. The predicted molar refractivity (Wildman–Crippen MR) is 207 cm³/mol. The lowest BCUT2D eigenvalue weighted by Crippen LogP contribution is -2.75. The Bertz CT molecular complexity index is 2530. The van der Waals surface area contributed by atoms with Crippen molar-refractivity contribution in [2.75, 3.05) is 0 Å². The van der Waals surface area contributed by atoms with Gasteiger partial charge in [0, 0.05) is 21.9 Å². The molecule has 232 valence electrons. The van der Waals surface area contributed by atoms with Crippen molar-refractivity contribution in [1.82, 2.24) is 4.57 Å². The molecule has 0 bridgehead atoms. The van der Waals surface area contributed by atoms with E-state index in [0.29, 0.717) is 28.1 Å². The molecule has 8 aromatic rings. The van der Waals surface area contributed by atoms with Crippen LogP contribution in [0, 0.1) is 24.5 Å². The van der Waals surface area contributed by atoms with Gasteiger partial charge in [0.05, 0.1) is 35.9 Å². The standard InChI is InChI=1S/C45H28N4Si/c1-47-39-27-29-44(50(33-16-6-3-7-17-33,34-18-8-4-9-19-34)35-20-10-5-11-21-35)38(31-46)45(39)32-26-28-43(40(30-32)48-2)49-41-24-14-12-22-36(41)37-23-13-15-25-42(37)49/h3-30H. The Kier molecular flexibility index (Phi) is 7.63. The molecule has 0 aliphatic heterocycles. The third-order valence-corrected chi connectivity index (χ3v) is 14.5. The first-order valence-corrected chi connectivity index (χ1v) is 18.3. The van der Waals surface area contributed by atoms with E-state index in [1.54, 1.807) is 0 Å². The lowest BCUT2D eigenvalue weighted by atomic mass is 9.97. The van der Waals surface area contributed by atoms with Gasteiger partial charge in [0.15, 0.2) is 13.8 Å². The van der Waals surface area contributed by atoms with Crippen LogP contribution in [-0.2, 0) is 0 Å². The largest absolute Gasteiger partial charge is 0.319 e. The zero-order valence-corrected chi connectivity index (χ0v) is 28.0. The van der Waals surface area contributed by atoms with Crippen LogP contribution in [-0.4, -0.2) is 12.6 Å². The van der Waals surface area contributed by atoms with Crippen molar-refractivity contribution >= 4 is 62.0 Å².